The van der Waals surface area contributed by atoms with E-state index in [2.05, 4.69) is 28.4 Å². The van der Waals surface area contributed by atoms with E-state index in [0.717, 1.165) is 16.8 Å². The quantitative estimate of drug-likeness (QED) is 0.141. The van der Waals surface area contributed by atoms with Crippen molar-refractivity contribution in [3.05, 3.63) is 54.5 Å². The molecular weight excluding hydrogens is 859 g/mol. The number of aromatic nitrogens is 2. The Labute approximate surface area is 397 Å². The number of hydrogen-bond acceptors (Lipinski definition) is 14. The lowest BCUT2D eigenvalue weighted by Crippen LogP contribution is -2.61. The summed E-state index contributed by atoms with van der Waals surface area (Å²) in [6.45, 7) is 23.2. The maximum Gasteiger partial charge on any atom is 0.311 e. The van der Waals surface area contributed by atoms with Crippen molar-refractivity contribution >= 4 is 11.8 Å². The number of aliphatic hydroxyl groups excluding tert-OH is 2. The zero-order chi connectivity index (χ0) is 49.2. The predicted molar refractivity (Wildman–Crippen MR) is 251 cm³/mol. The molecule has 0 amide bonds. The molecule has 6 rings (SSSR count). The number of H-pyrrole nitrogens is 1. The van der Waals surface area contributed by atoms with E-state index in [9.17, 15) is 19.8 Å². The third-order valence-corrected chi connectivity index (χ3v) is 15.2. The van der Waals surface area contributed by atoms with Gasteiger partial charge in [-0.15, -0.1) is 0 Å². The smallest absolute Gasteiger partial charge is 0.311 e. The Balaban J connectivity index is 1.48. The maximum atomic E-state index is 15.0. The summed E-state index contributed by atoms with van der Waals surface area (Å²) in [5, 5.41) is 23.2. The zero-order valence-corrected chi connectivity index (χ0v) is 41.9. The Morgan fingerprint density at radius 3 is 2.37 bits per heavy atom. The monoisotopic (exact) mass is 936 g/mol. The third kappa shape index (κ3) is 11.3. The van der Waals surface area contributed by atoms with Gasteiger partial charge in [0.2, 0.25) is 0 Å². The highest BCUT2D eigenvalue weighted by molar-refractivity contribution is 5.84. The fraction of sp³-hybridized carbons (Fsp3) is 0.712. The number of methoxy groups -OCH3 is 1. The number of fused-ring (bicyclic) bond motifs is 1. The van der Waals surface area contributed by atoms with Crippen LogP contribution in [0, 0.1) is 41.4 Å². The van der Waals surface area contributed by atoms with Crippen LogP contribution >= 0.6 is 0 Å². The minimum Gasteiger partial charge on any atom is -0.459 e. The normalized spacial score (nSPS) is 41.3. The molecule has 0 aromatic carbocycles. The van der Waals surface area contributed by atoms with Gasteiger partial charge in [0.15, 0.2) is 12.6 Å². The number of pyridine rings is 1. The van der Waals surface area contributed by atoms with Crippen LogP contribution in [-0.4, -0.2) is 149 Å². The van der Waals surface area contributed by atoms with Crippen LogP contribution < -0.4 is 0 Å². The summed E-state index contributed by atoms with van der Waals surface area (Å²) in [7, 11) is 5.35. The molecule has 4 saturated heterocycles. The van der Waals surface area contributed by atoms with Crippen LogP contribution in [-0.2, 0) is 47.5 Å². The number of esters is 1. The standard InChI is InChI=1S/C52H77N3O12/c1-15-40-52(11)42(30(3)28-62-52)32(5)43(56)29(2)25-51(10,61-23-17-19-37-20-21-38(54-37)36-18-16-22-53-27-36)47(67-49-44(57)39(55(12)13)24-31(4)63-49)33(6)45(34(7)48(59)65-40)66-41-26-50(9,60-14)46(58)35(8)64-41/h16,18,20-22,27,29,31-35,39-42,44-47,49,54,57-58H,3,15,23-26,28H2,1-2,4-14H3/t29?,31-,32?,33+,34-,35+,39+,40-,41+,42+,44-,45+,46?,47-,49+,50-,51-,52-/m1/s1. The van der Waals surface area contributed by atoms with Crippen molar-refractivity contribution in [2.24, 2.45) is 29.6 Å². The highest BCUT2D eigenvalue weighted by Gasteiger charge is 2.57. The molecule has 4 aliphatic rings. The zero-order valence-electron chi connectivity index (χ0n) is 41.9. The molecule has 0 saturated carbocycles. The van der Waals surface area contributed by atoms with Gasteiger partial charge in [-0.25, -0.2) is 0 Å². The molecule has 3 N–H and O–H groups in total. The van der Waals surface area contributed by atoms with Crippen molar-refractivity contribution in [2.45, 2.75) is 173 Å². The third-order valence-electron chi connectivity index (χ3n) is 15.2. The number of Topliss-reactive ketones (excluding diaryl/α,β-unsaturated/α-hetero) is 1. The van der Waals surface area contributed by atoms with Crippen molar-refractivity contribution in [3.63, 3.8) is 0 Å². The van der Waals surface area contributed by atoms with Gasteiger partial charge < -0.3 is 58.0 Å². The Kier molecular flexibility index (Phi) is 17.1. The highest BCUT2D eigenvalue weighted by Crippen LogP contribution is 2.47. The van der Waals surface area contributed by atoms with Crippen molar-refractivity contribution in [2.75, 3.05) is 34.4 Å². The maximum absolute atomic E-state index is 15.0. The minimum absolute atomic E-state index is 0.0406. The van der Waals surface area contributed by atoms with Crippen LogP contribution in [0.15, 0.2) is 48.8 Å². The lowest BCUT2D eigenvalue weighted by atomic mass is 9.69. The first-order valence-electron chi connectivity index (χ1n) is 24.0. The summed E-state index contributed by atoms with van der Waals surface area (Å²) in [6, 6.07) is 7.35. The number of aromatic amines is 1. The molecule has 0 radical (unpaired) electrons. The van der Waals surface area contributed by atoms with Crippen LogP contribution in [0.2, 0.25) is 0 Å². The van der Waals surface area contributed by atoms with Crippen LogP contribution in [0.4, 0.5) is 0 Å². The number of carbonyl (C=O) groups excluding carboxylic acids is 2. The Bertz CT molecular complexity index is 2070. The molecule has 4 fully saturated rings. The number of likely N-dealkylation sites (N-methyl/N-ethyl adjacent to an activating group) is 1. The second-order valence-corrected chi connectivity index (χ2v) is 20.5. The summed E-state index contributed by atoms with van der Waals surface area (Å²) in [5.74, 6) is 2.47. The van der Waals surface area contributed by atoms with E-state index < -0.39 is 102 Å². The largest absolute Gasteiger partial charge is 0.459 e. The molecule has 3 unspecified atom stereocenters. The molecule has 15 heteroatoms. The van der Waals surface area contributed by atoms with Crippen LogP contribution in [0.5, 0.6) is 0 Å². The summed E-state index contributed by atoms with van der Waals surface area (Å²) < 4.78 is 52.7. The minimum atomic E-state index is -1.34. The van der Waals surface area contributed by atoms with Gasteiger partial charge in [0.25, 0.3) is 0 Å². The molecule has 0 bridgehead atoms. The van der Waals surface area contributed by atoms with Gasteiger partial charge >= 0.3 is 5.97 Å². The number of nitrogens with zero attached hydrogens (tertiary/aromatic N) is 2. The predicted octanol–water partition coefficient (Wildman–Crippen LogP) is 6.10. The molecule has 67 heavy (non-hydrogen) atoms. The molecule has 4 aliphatic heterocycles. The first-order chi connectivity index (χ1) is 31.6. The molecule has 15 nitrogen and oxygen atoms in total. The number of rotatable bonds is 10. The number of carbonyl (C=O) groups is 2. The summed E-state index contributed by atoms with van der Waals surface area (Å²) in [5.41, 5.74) is -0.225. The van der Waals surface area contributed by atoms with E-state index in [0.29, 0.717) is 18.5 Å². The first-order valence-corrected chi connectivity index (χ1v) is 24.0. The number of nitrogens with one attached hydrogen (secondary N) is 1. The van der Waals surface area contributed by atoms with Crippen molar-refractivity contribution in [1.82, 2.24) is 14.9 Å². The molecule has 0 spiro atoms. The van der Waals surface area contributed by atoms with E-state index in [1.54, 1.807) is 33.2 Å². The van der Waals surface area contributed by atoms with E-state index in [4.69, 9.17) is 37.9 Å². The molecule has 2 aromatic rings. The molecule has 2 aromatic heterocycles. The van der Waals surface area contributed by atoms with Gasteiger partial charge in [-0.3, -0.25) is 14.6 Å². The second-order valence-electron chi connectivity index (χ2n) is 20.5. The lowest BCUT2D eigenvalue weighted by Gasteiger charge is -2.50. The van der Waals surface area contributed by atoms with Gasteiger partial charge in [0, 0.05) is 66.9 Å². The number of hydrogen-bond donors (Lipinski definition) is 3. The molecule has 18 atom stereocenters. The van der Waals surface area contributed by atoms with E-state index in [1.807, 2.05) is 91.7 Å². The number of cyclic esters (lactones) is 1. The number of ether oxygens (including phenoxy) is 8. The van der Waals surface area contributed by atoms with Gasteiger partial charge in [-0.05, 0) is 111 Å². The summed E-state index contributed by atoms with van der Waals surface area (Å²) in [6.07, 6.45) is -3.08. The van der Waals surface area contributed by atoms with Crippen LogP contribution in [0.25, 0.3) is 11.3 Å². The van der Waals surface area contributed by atoms with Gasteiger partial charge in [-0.1, -0.05) is 40.2 Å². The average Bonchev–Trinajstić information content (AvgIpc) is 3.90. The van der Waals surface area contributed by atoms with Crippen LogP contribution in [0.1, 0.15) is 101 Å². The summed E-state index contributed by atoms with van der Waals surface area (Å²) in [4.78, 5) is 39.3. The van der Waals surface area contributed by atoms with Crippen molar-refractivity contribution < 1.29 is 57.7 Å². The fourth-order valence-electron chi connectivity index (χ4n) is 11.3. The SMILES string of the molecule is C=C1CO[C@]2(C)[C@@H](CC)OC(=O)[C@H](C)[C@@H](O[C@H]3C[C@@](C)(OC)C(O)[C@H](C)O3)[C@H](C)[C@@H](O[C@@H]3O[C@H](C)C[C@H](N(C)C)[C@H]3O)[C@](C)(OCC#Cc3ccc(-c4cccnc4)[nH]3)CC(C)C(=O)C(C)[C@H]12. The van der Waals surface area contributed by atoms with Crippen molar-refractivity contribution in [3.8, 4) is 23.1 Å². The van der Waals surface area contributed by atoms with E-state index in [1.165, 1.54) is 7.11 Å². The second kappa shape index (κ2) is 21.6. The number of aliphatic hydroxyl groups is 2. The van der Waals surface area contributed by atoms with Crippen molar-refractivity contribution in [1.29, 1.82) is 0 Å². The average molecular weight is 936 g/mol. The molecule has 372 valence electrons. The number of ketones is 1. The highest BCUT2D eigenvalue weighted by atomic mass is 16.7. The fourth-order valence-corrected chi connectivity index (χ4v) is 11.3. The topological polar surface area (TPSA) is 180 Å². The molecule has 6 heterocycles. The Morgan fingerprint density at radius 1 is 0.985 bits per heavy atom. The van der Waals surface area contributed by atoms with E-state index >= 15 is 0 Å². The summed E-state index contributed by atoms with van der Waals surface area (Å²) >= 11 is 0. The Hall–Kier alpha value is -3.53. The molecule has 0 aliphatic carbocycles. The van der Waals surface area contributed by atoms with E-state index in [-0.39, 0.29) is 44.0 Å². The van der Waals surface area contributed by atoms with Gasteiger partial charge in [0.05, 0.1) is 53.8 Å². The van der Waals surface area contributed by atoms with Gasteiger partial charge in [0.1, 0.15) is 36.3 Å². The van der Waals surface area contributed by atoms with Gasteiger partial charge in [-0.2, -0.15) is 0 Å². The van der Waals surface area contributed by atoms with Crippen LogP contribution in [0.3, 0.4) is 0 Å². The first kappa shape index (κ1) is 52.8. The lowest BCUT2D eigenvalue weighted by molar-refractivity contribution is -0.320. The Morgan fingerprint density at radius 2 is 1.72 bits per heavy atom. The molecular formula is C52H77N3O12.